The van der Waals surface area contributed by atoms with Crippen molar-refractivity contribution in [2.24, 2.45) is 0 Å². The highest BCUT2D eigenvalue weighted by Gasteiger charge is 2.23. The first kappa shape index (κ1) is 14.8. The van der Waals surface area contributed by atoms with Gasteiger partial charge >= 0.3 is 0 Å². The van der Waals surface area contributed by atoms with Crippen molar-refractivity contribution >= 4 is 0 Å². The summed E-state index contributed by atoms with van der Waals surface area (Å²) in [6.45, 7) is 6.77. The molecular formula is C19H24O. The fraction of sp³-hybridized carbons (Fsp3) is 0.368. The zero-order valence-electron chi connectivity index (χ0n) is 12.7. The van der Waals surface area contributed by atoms with Crippen LogP contribution in [0.15, 0.2) is 48.5 Å². The molecule has 0 atom stereocenters. The second-order valence-electron chi connectivity index (χ2n) is 5.93. The molecule has 106 valence electrons. The second-order valence-corrected chi connectivity index (χ2v) is 5.93. The lowest BCUT2D eigenvalue weighted by Crippen LogP contribution is -2.19. The van der Waals surface area contributed by atoms with Gasteiger partial charge in [-0.1, -0.05) is 75.7 Å². The van der Waals surface area contributed by atoms with E-state index in [0.717, 1.165) is 12.0 Å². The molecule has 0 spiro atoms. The Labute approximate surface area is 122 Å². The fourth-order valence-corrected chi connectivity index (χ4v) is 2.60. The van der Waals surface area contributed by atoms with Crippen molar-refractivity contribution in [1.82, 2.24) is 0 Å². The van der Waals surface area contributed by atoms with Crippen LogP contribution in [0.4, 0.5) is 0 Å². The van der Waals surface area contributed by atoms with Crippen LogP contribution in [0.5, 0.6) is 0 Å². The Morgan fingerprint density at radius 1 is 0.900 bits per heavy atom. The van der Waals surface area contributed by atoms with Crippen LogP contribution >= 0.6 is 0 Å². The Morgan fingerprint density at radius 2 is 1.60 bits per heavy atom. The standard InChI is InChI=1S/C19H24O/c1-4-6-15-9-11-17(12-10-15)19(2,3)18-8-5-7-16(13-18)14-20/h5,7-13,20H,4,6,14H2,1-3H3. The van der Waals surface area contributed by atoms with Gasteiger partial charge in [0.25, 0.3) is 0 Å². The molecule has 2 rings (SSSR count). The van der Waals surface area contributed by atoms with Crippen molar-refractivity contribution in [3.05, 3.63) is 70.8 Å². The van der Waals surface area contributed by atoms with Crippen LogP contribution in [-0.2, 0) is 18.4 Å². The van der Waals surface area contributed by atoms with E-state index in [0.29, 0.717) is 0 Å². The molecule has 0 saturated carbocycles. The zero-order chi connectivity index (χ0) is 14.6. The van der Waals surface area contributed by atoms with Gasteiger partial charge in [0, 0.05) is 5.41 Å². The van der Waals surface area contributed by atoms with Crippen LogP contribution in [0.1, 0.15) is 49.4 Å². The van der Waals surface area contributed by atoms with Crippen molar-refractivity contribution in [3.8, 4) is 0 Å². The maximum atomic E-state index is 9.29. The highest BCUT2D eigenvalue weighted by Crippen LogP contribution is 2.32. The lowest BCUT2D eigenvalue weighted by Gasteiger charge is -2.27. The van der Waals surface area contributed by atoms with E-state index in [-0.39, 0.29) is 12.0 Å². The highest BCUT2D eigenvalue weighted by atomic mass is 16.3. The molecule has 0 saturated heterocycles. The monoisotopic (exact) mass is 268 g/mol. The number of aliphatic hydroxyl groups is 1. The minimum atomic E-state index is -0.0457. The molecule has 0 aliphatic carbocycles. The normalized spacial score (nSPS) is 11.6. The van der Waals surface area contributed by atoms with Crippen LogP contribution in [-0.4, -0.2) is 5.11 Å². The average Bonchev–Trinajstić information content (AvgIpc) is 2.48. The zero-order valence-corrected chi connectivity index (χ0v) is 12.7. The van der Waals surface area contributed by atoms with E-state index in [9.17, 15) is 5.11 Å². The number of hydrogen-bond acceptors (Lipinski definition) is 1. The number of benzene rings is 2. The molecule has 0 aromatic heterocycles. The summed E-state index contributed by atoms with van der Waals surface area (Å²) in [5.74, 6) is 0. The Balaban J connectivity index is 2.32. The Hall–Kier alpha value is -1.60. The molecule has 0 aliphatic heterocycles. The van der Waals surface area contributed by atoms with Crippen molar-refractivity contribution < 1.29 is 5.11 Å². The van der Waals surface area contributed by atoms with Crippen molar-refractivity contribution in [1.29, 1.82) is 0 Å². The van der Waals surface area contributed by atoms with Gasteiger partial charge in [0.05, 0.1) is 6.61 Å². The molecule has 0 unspecified atom stereocenters. The highest BCUT2D eigenvalue weighted by molar-refractivity contribution is 5.40. The Kier molecular flexibility index (Phi) is 4.61. The van der Waals surface area contributed by atoms with Gasteiger partial charge < -0.3 is 5.11 Å². The van der Waals surface area contributed by atoms with E-state index in [1.807, 2.05) is 12.1 Å². The first-order valence-corrected chi connectivity index (χ1v) is 7.37. The van der Waals surface area contributed by atoms with E-state index >= 15 is 0 Å². The van der Waals surface area contributed by atoms with Crippen LogP contribution in [0.3, 0.4) is 0 Å². The molecule has 0 fully saturated rings. The quantitative estimate of drug-likeness (QED) is 0.849. The van der Waals surface area contributed by atoms with Gasteiger partial charge in [0.1, 0.15) is 0 Å². The Morgan fingerprint density at radius 3 is 2.20 bits per heavy atom. The van der Waals surface area contributed by atoms with Gasteiger partial charge in [0.15, 0.2) is 0 Å². The molecule has 20 heavy (non-hydrogen) atoms. The van der Waals surface area contributed by atoms with Gasteiger partial charge in [-0.15, -0.1) is 0 Å². The summed E-state index contributed by atoms with van der Waals surface area (Å²) in [6, 6.07) is 17.2. The summed E-state index contributed by atoms with van der Waals surface area (Å²) in [5, 5.41) is 9.29. The first-order chi connectivity index (χ1) is 9.57. The van der Waals surface area contributed by atoms with Crippen molar-refractivity contribution in [3.63, 3.8) is 0 Å². The lowest BCUT2D eigenvalue weighted by molar-refractivity contribution is 0.281. The predicted molar refractivity (Wildman–Crippen MR) is 84.9 cm³/mol. The summed E-state index contributed by atoms with van der Waals surface area (Å²) in [6.07, 6.45) is 2.32. The third-order valence-electron chi connectivity index (χ3n) is 4.05. The van der Waals surface area contributed by atoms with Gasteiger partial charge in [-0.3, -0.25) is 0 Å². The van der Waals surface area contributed by atoms with Crippen LogP contribution in [0.2, 0.25) is 0 Å². The fourth-order valence-electron chi connectivity index (χ4n) is 2.60. The molecule has 0 aliphatic rings. The third-order valence-corrected chi connectivity index (χ3v) is 4.05. The summed E-state index contributed by atoms with van der Waals surface area (Å²) < 4.78 is 0. The van der Waals surface area contributed by atoms with Crippen LogP contribution < -0.4 is 0 Å². The minimum Gasteiger partial charge on any atom is -0.392 e. The molecular weight excluding hydrogens is 244 g/mol. The van der Waals surface area contributed by atoms with Crippen LogP contribution in [0.25, 0.3) is 0 Å². The van der Waals surface area contributed by atoms with Crippen molar-refractivity contribution in [2.75, 3.05) is 0 Å². The molecule has 1 N–H and O–H groups in total. The summed E-state index contributed by atoms with van der Waals surface area (Å²) >= 11 is 0. The maximum absolute atomic E-state index is 9.29. The smallest absolute Gasteiger partial charge is 0.0681 e. The molecule has 0 heterocycles. The average molecular weight is 268 g/mol. The SMILES string of the molecule is CCCc1ccc(C(C)(C)c2cccc(CO)c2)cc1. The van der Waals surface area contributed by atoms with Crippen molar-refractivity contribution in [2.45, 2.75) is 45.6 Å². The number of hydrogen-bond donors (Lipinski definition) is 1. The van der Waals surface area contributed by atoms with E-state index in [1.165, 1.54) is 23.1 Å². The molecule has 2 aromatic rings. The summed E-state index contributed by atoms with van der Waals surface area (Å²) in [7, 11) is 0. The van der Waals surface area contributed by atoms with Crippen LogP contribution in [0, 0.1) is 0 Å². The lowest BCUT2D eigenvalue weighted by atomic mass is 9.77. The number of rotatable bonds is 5. The number of aliphatic hydroxyl groups excluding tert-OH is 1. The first-order valence-electron chi connectivity index (χ1n) is 7.37. The van der Waals surface area contributed by atoms with E-state index in [1.54, 1.807) is 0 Å². The minimum absolute atomic E-state index is 0.0457. The molecule has 0 amide bonds. The van der Waals surface area contributed by atoms with E-state index in [4.69, 9.17) is 0 Å². The van der Waals surface area contributed by atoms with Gasteiger partial charge in [-0.05, 0) is 28.7 Å². The second kappa shape index (κ2) is 6.23. The molecule has 0 bridgehead atoms. The maximum Gasteiger partial charge on any atom is 0.0681 e. The largest absolute Gasteiger partial charge is 0.392 e. The van der Waals surface area contributed by atoms with E-state index in [2.05, 4.69) is 57.2 Å². The molecule has 1 heteroatoms. The van der Waals surface area contributed by atoms with Gasteiger partial charge in [0.2, 0.25) is 0 Å². The molecule has 0 radical (unpaired) electrons. The Bertz CT molecular complexity index is 552. The topological polar surface area (TPSA) is 20.2 Å². The van der Waals surface area contributed by atoms with Gasteiger partial charge in [-0.25, -0.2) is 0 Å². The summed E-state index contributed by atoms with van der Waals surface area (Å²) in [5.41, 5.74) is 4.88. The van der Waals surface area contributed by atoms with E-state index < -0.39 is 0 Å². The predicted octanol–water partition coefficient (Wildman–Crippen LogP) is 4.46. The third kappa shape index (κ3) is 3.10. The molecule has 1 nitrogen and oxygen atoms in total. The summed E-state index contributed by atoms with van der Waals surface area (Å²) in [4.78, 5) is 0. The number of aryl methyl sites for hydroxylation is 1. The molecule has 2 aromatic carbocycles. The van der Waals surface area contributed by atoms with Gasteiger partial charge in [-0.2, -0.15) is 0 Å².